The van der Waals surface area contributed by atoms with Gasteiger partial charge in [0.2, 0.25) is 0 Å². The van der Waals surface area contributed by atoms with Crippen LogP contribution >= 0.6 is 0 Å². The van der Waals surface area contributed by atoms with E-state index < -0.39 is 0 Å². The Bertz CT molecular complexity index is 898. The van der Waals surface area contributed by atoms with Gasteiger partial charge in [0.15, 0.2) is 0 Å². The third-order valence-electron chi connectivity index (χ3n) is 5.02. The molecule has 4 rings (SSSR count). The minimum atomic E-state index is 1.08. The largest absolute Gasteiger partial charge is 0.0613 e. The molecule has 0 N–H and O–H groups in total. The second kappa shape index (κ2) is 4.21. The van der Waals surface area contributed by atoms with Gasteiger partial charge in [-0.25, -0.2) is 0 Å². The molecule has 0 aliphatic heterocycles. The van der Waals surface area contributed by atoms with Crippen molar-refractivity contribution in [2.75, 3.05) is 0 Å². The van der Waals surface area contributed by atoms with Crippen molar-refractivity contribution >= 4 is 10.8 Å². The van der Waals surface area contributed by atoms with E-state index in [-0.39, 0.29) is 0 Å². The molecule has 0 saturated carbocycles. The molecule has 0 aromatic heterocycles. The molecule has 0 unspecified atom stereocenters. The van der Waals surface area contributed by atoms with E-state index in [0.717, 1.165) is 6.42 Å². The second-order valence-corrected chi connectivity index (χ2v) is 6.50. The molecule has 3 aromatic carbocycles. The average Bonchev–Trinajstić information content (AvgIpc) is 2.76. The molecule has 21 heavy (non-hydrogen) atoms. The van der Waals surface area contributed by atoms with E-state index in [1.165, 1.54) is 55.3 Å². The van der Waals surface area contributed by atoms with Crippen LogP contribution in [0.25, 0.3) is 21.9 Å². The Balaban J connectivity index is 2.15. The first-order chi connectivity index (χ1) is 10.1. The lowest BCUT2D eigenvalue weighted by Crippen LogP contribution is -1.89. The van der Waals surface area contributed by atoms with Gasteiger partial charge >= 0.3 is 0 Å². The van der Waals surface area contributed by atoms with Crippen LogP contribution in [0, 0.1) is 27.7 Å². The van der Waals surface area contributed by atoms with Crippen LogP contribution in [0.4, 0.5) is 0 Å². The lowest BCUT2D eigenvalue weighted by Gasteiger charge is -2.12. The fourth-order valence-corrected chi connectivity index (χ4v) is 3.90. The number of hydrogen-bond acceptors (Lipinski definition) is 0. The van der Waals surface area contributed by atoms with Gasteiger partial charge in [0.25, 0.3) is 0 Å². The summed E-state index contributed by atoms with van der Waals surface area (Å²) in [4.78, 5) is 0. The van der Waals surface area contributed by atoms with Crippen molar-refractivity contribution in [1.82, 2.24) is 0 Å². The lowest BCUT2D eigenvalue weighted by molar-refractivity contribution is 1.22. The van der Waals surface area contributed by atoms with Crippen LogP contribution < -0.4 is 0 Å². The van der Waals surface area contributed by atoms with Crippen LogP contribution in [0.1, 0.15) is 33.4 Å². The van der Waals surface area contributed by atoms with E-state index in [1.54, 1.807) is 0 Å². The van der Waals surface area contributed by atoms with E-state index >= 15 is 0 Å². The molecule has 0 bridgehead atoms. The Hall–Kier alpha value is -2.08. The topological polar surface area (TPSA) is 0 Å². The fourth-order valence-electron chi connectivity index (χ4n) is 3.90. The van der Waals surface area contributed by atoms with E-state index in [4.69, 9.17) is 0 Å². The first kappa shape index (κ1) is 12.6. The maximum Gasteiger partial charge on any atom is -0.00130 e. The Labute approximate surface area is 126 Å². The van der Waals surface area contributed by atoms with Crippen LogP contribution in [0.5, 0.6) is 0 Å². The lowest BCUT2D eigenvalue weighted by atomic mass is 9.91. The van der Waals surface area contributed by atoms with Gasteiger partial charge in [-0.3, -0.25) is 0 Å². The Morgan fingerprint density at radius 3 is 2.24 bits per heavy atom. The summed E-state index contributed by atoms with van der Waals surface area (Å²) in [5, 5.41) is 2.86. The van der Waals surface area contributed by atoms with Gasteiger partial charge in [-0.2, -0.15) is 0 Å². The van der Waals surface area contributed by atoms with E-state index in [0.29, 0.717) is 0 Å². The summed E-state index contributed by atoms with van der Waals surface area (Å²) in [5.74, 6) is 0. The molecule has 0 saturated heterocycles. The summed E-state index contributed by atoms with van der Waals surface area (Å²) in [5.41, 5.74) is 11.5. The van der Waals surface area contributed by atoms with Gasteiger partial charge in [-0.1, -0.05) is 36.4 Å². The summed E-state index contributed by atoms with van der Waals surface area (Å²) >= 11 is 0. The van der Waals surface area contributed by atoms with Gasteiger partial charge in [0.1, 0.15) is 0 Å². The highest BCUT2D eigenvalue weighted by atomic mass is 14.3. The van der Waals surface area contributed by atoms with Crippen molar-refractivity contribution in [3.8, 4) is 11.1 Å². The molecule has 104 valence electrons. The maximum absolute atomic E-state index is 2.40. The van der Waals surface area contributed by atoms with Crippen molar-refractivity contribution in [2.45, 2.75) is 34.1 Å². The van der Waals surface area contributed by atoms with Crippen LogP contribution in [-0.4, -0.2) is 0 Å². The molecule has 0 atom stereocenters. The predicted molar refractivity (Wildman–Crippen MR) is 91.1 cm³/mol. The first-order valence-electron chi connectivity index (χ1n) is 7.68. The van der Waals surface area contributed by atoms with Crippen molar-refractivity contribution in [1.29, 1.82) is 0 Å². The molecular weight excluding hydrogens is 252 g/mol. The molecule has 0 nitrogen and oxygen atoms in total. The quantitative estimate of drug-likeness (QED) is 0.388. The van der Waals surface area contributed by atoms with Gasteiger partial charge in [0.05, 0.1) is 0 Å². The summed E-state index contributed by atoms with van der Waals surface area (Å²) in [7, 11) is 0. The van der Waals surface area contributed by atoms with Gasteiger partial charge < -0.3 is 0 Å². The highest BCUT2D eigenvalue weighted by molar-refractivity contribution is 6.04. The molecule has 0 radical (unpaired) electrons. The predicted octanol–water partition coefficient (Wildman–Crippen LogP) is 5.64. The highest BCUT2D eigenvalue weighted by Crippen LogP contribution is 2.44. The second-order valence-electron chi connectivity index (χ2n) is 6.50. The average molecular weight is 272 g/mol. The third kappa shape index (κ3) is 1.68. The van der Waals surface area contributed by atoms with Crippen molar-refractivity contribution in [2.24, 2.45) is 0 Å². The standard InChI is InChI=1S/C21H20/c1-12-6-5-7-18-20(12)15(4)9-17-11-16-8-13(2)14(3)10-19(16)21(17)18/h5-10H,11H2,1-4H3. The number of rotatable bonds is 0. The zero-order valence-corrected chi connectivity index (χ0v) is 13.2. The van der Waals surface area contributed by atoms with E-state index in [1.807, 2.05) is 0 Å². The maximum atomic E-state index is 2.40. The van der Waals surface area contributed by atoms with Gasteiger partial charge in [0, 0.05) is 0 Å². The highest BCUT2D eigenvalue weighted by Gasteiger charge is 2.22. The van der Waals surface area contributed by atoms with Crippen molar-refractivity contribution < 1.29 is 0 Å². The van der Waals surface area contributed by atoms with Gasteiger partial charge in [-0.15, -0.1) is 0 Å². The van der Waals surface area contributed by atoms with Crippen LogP contribution in [-0.2, 0) is 6.42 Å². The number of aryl methyl sites for hydroxylation is 4. The number of fused-ring (bicyclic) bond motifs is 5. The van der Waals surface area contributed by atoms with E-state index in [2.05, 4.69) is 64.1 Å². The van der Waals surface area contributed by atoms with Crippen LogP contribution in [0.15, 0.2) is 36.4 Å². The minimum absolute atomic E-state index is 1.08. The third-order valence-corrected chi connectivity index (χ3v) is 5.02. The number of benzene rings is 3. The molecular formula is C21H20. The minimum Gasteiger partial charge on any atom is -0.0613 e. The van der Waals surface area contributed by atoms with Crippen LogP contribution in [0.3, 0.4) is 0 Å². The molecule has 1 aliphatic carbocycles. The zero-order chi connectivity index (χ0) is 14.7. The fraction of sp³-hybridized carbons (Fsp3) is 0.238. The van der Waals surface area contributed by atoms with Crippen LogP contribution in [0.2, 0.25) is 0 Å². The molecule has 0 heterocycles. The molecule has 3 aromatic rings. The van der Waals surface area contributed by atoms with E-state index in [9.17, 15) is 0 Å². The van der Waals surface area contributed by atoms with Gasteiger partial charge in [-0.05, 0) is 89.4 Å². The smallest absolute Gasteiger partial charge is 0.00130 e. The van der Waals surface area contributed by atoms with Crippen molar-refractivity contribution in [3.05, 3.63) is 69.8 Å². The molecule has 0 fully saturated rings. The Kier molecular flexibility index (Phi) is 2.53. The van der Waals surface area contributed by atoms with Crippen molar-refractivity contribution in [3.63, 3.8) is 0 Å². The molecule has 1 aliphatic rings. The molecule has 0 amide bonds. The summed E-state index contributed by atoms with van der Waals surface area (Å²) in [6.45, 7) is 8.90. The first-order valence-corrected chi connectivity index (χ1v) is 7.68. The molecule has 0 heteroatoms. The molecule has 0 spiro atoms. The zero-order valence-electron chi connectivity index (χ0n) is 13.2. The SMILES string of the molecule is Cc1cc2c(cc1C)-c1c(cc(C)c3c(C)cccc13)C2. The normalized spacial score (nSPS) is 12.6. The Morgan fingerprint density at radius 1 is 0.714 bits per heavy atom. The number of hydrogen-bond donors (Lipinski definition) is 0. The summed E-state index contributed by atoms with van der Waals surface area (Å²) < 4.78 is 0. The Morgan fingerprint density at radius 2 is 1.43 bits per heavy atom. The monoisotopic (exact) mass is 272 g/mol. The summed E-state index contributed by atoms with van der Waals surface area (Å²) in [6.07, 6.45) is 1.08. The summed E-state index contributed by atoms with van der Waals surface area (Å²) in [6, 6.07) is 13.9.